The lowest BCUT2D eigenvalue weighted by molar-refractivity contribution is 0.197. The number of nitrogens with one attached hydrogen (secondary N) is 1. The third kappa shape index (κ3) is 4.39. The molecular weight excluding hydrogens is 366 g/mol. The standard InChI is InChI=1S/C22H29N5O2/c1-25-21(8-11-23-25)17-9-13-26(14-10-17)22(28)24-18-5-4-12-27(16-18)19-6-3-7-20(15-19)29-2/h3,6-9,11,15,18H,4-5,10,12-14,16H2,1-2H3,(H,24,28). The third-order valence-corrected chi connectivity index (χ3v) is 5.81. The van der Waals surface area contributed by atoms with E-state index < -0.39 is 0 Å². The van der Waals surface area contributed by atoms with E-state index in [4.69, 9.17) is 4.74 Å². The lowest BCUT2D eigenvalue weighted by atomic mass is 10.0. The minimum absolute atomic E-state index is 0.0304. The van der Waals surface area contributed by atoms with Crippen LogP contribution in [0.4, 0.5) is 10.5 Å². The van der Waals surface area contributed by atoms with Crippen LogP contribution in [-0.4, -0.2) is 60.0 Å². The second-order valence-electron chi connectivity index (χ2n) is 7.70. The molecule has 0 saturated carbocycles. The minimum atomic E-state index is 0.0304. The quantitative estimate of drug-likeness (QED) is 0.865. The Morgan fingerprint density at radius 3 is 2.90 bits per heavy atom. The molecule has 7 nitrogen and oxygen atoms in total. The molecule has 2 aliphatic heterocycles. The van der Waals surface area contributed by atoms with E-state index in [1.54, 1.807) is 7.11 Å². The van der Waals surface area contributed by atoms with Gasteiger partial charge in [0.05, 0.1) is 12.8 Å². The fourth-order valence-electron chi connectivity index (χ4n) is 4.18. The van der Waals surface area contributed by atoms with Gasteiger partial charge in [-0.15, -0.1) is 0 Å². The summed E-state index contributed by atoms with van der Waals surface area (Å²) >= 11 is 0. The number of hydrogen-bond acceptors (Lipinski definition) is 4. The molecule has 29 heavy (non-hydrogen) atoms. The Labute approximate surface area is 171 Å². The van der Waals surface area contributed by atoms with Crippen LogP contribution in [0.3, 0.4) is 0 Å². The Balaban J connectivity index is 1.34. The van der Waals surface area contributed by atoms with E-state index in [0.29, 0.717) is 6.54 Å². The summed E-state index contributed by atoms with van der Waals surface area (Å²) in [6.45, 7) is 3.19. The Bertz CT molecular complexity index is 891. The third-order valence-electron chi connectivity index (χ3n) is 5.81. The number of carbonyl (C=O) groups is 1. The maximum Gasteiger partial charge on any atom is 0.317 e. The first-order valence-electron chi connectivity index (χ1n) is 10.3. The van der Waals surface area contributed by atoms with Crippen LogP contribution in [0.15, 0.2) is 42.6 Å². The Hall–Kier alpha value is -2.96. The number of carbonyl (C=O) groups excluding carboxylic acids is 1. The average molecular weight is 396 g/mol. The van der Waals surface area contributed by atoms with Crippen LogP contribution in [0, 0.1) is 0 Å². The number of nitrogens with zero attached hydrogens (tertiary/aromatic N) is 4. The number of aryl methyl sites for hydroxylation is 1. The summed E-state index contributed by atoms with van der Waals surface area (Å²) < 4.78 is 7.23. The molecule has 1 N–H and O–H groups in total. The molecule has 0 spiro atoms. The van der Waals surface area contributed by atoms with Crippen molar-refractivity contribution < 1.29 is 9.53 Å². The molecule has 0 bridgehead atoms. The summed E-state index contributed by atoms with van der Waals surface area (Å²) in [7, 11) is 3.64. The molecule has 1 aromatic heterocycles. The van der Waals surface area contributed by atoms with E-state index in [0.717, 1.165) is 56.0 Å². The summed E-state index contributed by atoms with van der Waals surface area (Å²) in [6.07, 6.45) is 6.88. The van der Waals surface area contributed by atoms with Gasteiger partial charge in [-0.05, 0) is 43.0 Å². The molecule has 0 aliphatic carbocycles. The predicted molar refractivity (Wildman–Crippen MR) is 114 cm³/mol. The minimum Gasteiger partial charge on any atom is -0.497 e. The summed E-state index contributed by atoms with van der Waals surface area (Å²) in [5.74, 6) is 0.859. The number of methoxy groups -OCH3 is 1. The highest BCUT2D eigenvalue weighted by Gasteiger charge is 2.25. The molecule has 154 valence electrons. The van der Waals surface area contributed by atoms with Crippen molar-refractivity contribution in [2.45, 2.75) is 25.3 Å². The van der Waals surface area contributed by atoms with Gasteiger partial charge in [0.25, 0.3) is 0 Å². The lowest BCUT2D eigenvalue weighted by Crippen LogP contribution is -2.52. The number of piperidine rings is 1. The number of anilines is 1. The normalized spacial score (nSPS) is 19.7. The summed E-state index contributed by atoms with van der Waals surface area (Å²) in [5, 5.41) is 7.48. The van der Waals surface area contributed by atoms with Crippen molar-refractivity contribution >= 4 is 17.3 Å². The number of ether oxygens (including phenoxy) is 1. The van der Waals surface area contributed by atoms with Gasteiger partial charge in [0.15, 0.2) is 0 Å². The van der Waals surface area contributed by atoms with Crippen molar-refractivity contribution in [3.8, 4) is 5.75 Å². The molecule has 2 amide bonds. The average Bonchev–Trinajstić information content (AvgIpc) is 3.20. The molecule has 1 unspecified atom stereocenters. The van der Waals surface area contributed by atoms with Crippen LogP contribution in [0.2, 0.25) is 0 Å². The number of rotatable bonds is 4. The molecule has 4 rings (SSSR count). The van der Waals surface area contributed by atoms with Gasteiger partial charge in [0.1, 0.15) is 5.75 Å². The molecule has 0 radical (unpaired) electrons. The van der Waals surface area contributed by atoms with Crippen molar-refractivity contribution in [1.82, 2.24) is 20.0 Å². The highest BCUT2D eigenvalue weighted by molar-refractivity contribution is 5.76. The molecule has 3 heterocycles. The van der Waals surface area contributed by atoms with E-state index in [9.17, 15) is 4.79 Å². The highest BCUT2D eigenvalue weighted by Crippen LogP contribution is 2.25. The van der Waals surface area contributed by atoms with Gasteiger partial charge < -0.3 is 19.9 Å². The molecule has 2 aliphatic rings. The van der Waals surface area contributed by atoms with Gasteiger partial charge in [-0.25, -0.2) is 4.79 Å². The fraction of sp³-hybridized carbons (Fsp3) is 0.455. The maximum atomic E-state index is 12.8. The van der Waals surface area contributed by atoms with Crippen LogP contribution in [0.25, 0.3) is 5.57 Å². The molecule has 2 aromatic rings. The summed E-state index contributed by atoms with van der Waals surface area (Å²) in [6, 6.07) is 10.3. The zero-order chi connectivity index (χ0) is 20.2. The van der Waals surface area contributed by atoms with Crippen molar-refractivity contribution in [3.05, 3.63) is 48.3 Å². The predicted octanol–water partition coefficient (Wildman–Crippen LogP) is 2.90. The zero-order valence-corrected chi connectivity index (χ0v) is 17.2. The fourth-order valence-corrected chi connectivity index (χ4v) is 4.18. The lowest BCUT2D eigenvalue weighted by Gasteiger charge is -2.36. The molecule has 1 atom stereocenters. The smallest absolute Gasteiger partial charge is 0.317 e. The van der Waals surface area contributed by atoms with E-state index in [1.165, 1.54) is 5.57 Å². The van der Waals surface area contributed by atoms with Crippen molar-refractivity contribution in [2.24, 2.45) is 7.05 Å². The van der Waals surface area contributed by atoms with Crippen molar-refractivity contribution in [1.29, 1.82) is 0 Å². The number of amides is 2. The number of hydrogen-bond donors (Lipinski definition) is 1. The molecule has 7 heteroatoms. The SMILES string of the molecule is COc1cccc(N2CCCC(NC(=O)N3CC=C(c4ccnn4C)CC3)C2)c1. The van der Waals surface area contributed by atoms with Crippen molar-refractivity contribution in [2.75, 3.05) is 38.2 Å². The highest BCUT2D eigenvalue weighted by atomic mass is 16.5. The van der Waals surface area contributed by atoms with Crippen molar-refractivity contribution in [3.63, 3.8) is 0 Å². The Kier molecular flexibility index (Phi) is 5.74. The molecule has 1 saturated heterocycles. The van der Waals surface area contributed by atoms with Crippen LogP contribution in [0.5, 0.6) is 5.75 Å². The Morgan fingerprint density at radius 1 is 1.28 bits per heavy atom. The monoisotopic (exact) mass is 395 g/mol. The van der Waals surface area contributed by atoms with Gasteiger partial charge in [-0.1, -0.05) is 12.1 Å². The van der Waals surface area contributed by atoms with E-state index >= 15 is 0 Å². The van der Waals surface area contributed by atoms with E-state index in [-0.39, 0.29) is 12.1 Å². The van der Waals surface area contributed by atoms with E-state index in [2.05, 4.69) is 33.5 Å². The van der Waals surface area contributed by atoms with Crippen LogP contribution < -0.4 is 15.0 Å². The molecular formula is C22H29N5O2. The second kappa shape index (κ2) is 8.59. The molecule has 1 aromatic carbocycles. The second-order valence-corrected chi connectivity index (χ2v) is 7.70. The van der Waals surface area contributed by atoms with Crippen LogP contribution in [0.1, 0.15) is 25.0 Å². The van der Waals surface area contributed by atoms with Gasteiger partial charge in [-0.2, -0.15) is 5.10 Å². The van der Waals surface area contributed by atoms with Crippen LogP contribution >= 0.6 is 0 Å². The Morgan fingerprint density at radius 2 is 2.17 bits per heavy atom. The van der Waals surface area contributed by atoms with E-state index in [1.807, 2.05) is 41.0 Å². The first kappa shape index (κ1) is 19.4. The van der Waals surface area contributed by atoms with Gasteiger partial charge in [0, 0.05) is 57.2 Å². The summed E-state index contributed by atoms with van der Waals surface area (Å²) in [4.78, 5) is 17.0. The number of aromatic nitrogens is 2. The zero-order valence-electron chi connectivity index (χ0n) is 17.2. The summed E-state index contributed by atoms with van der Waals surface area (Å²) in [5.41, 5.74) is 3.53. The van der Waals surface area contributed by atoms with Gasteiger partial charge >= 0.3 is 6.03 Å². The van der Waals surface area contributed by atoms with Gasteiger partial charge in [-0.3, -0.25) is 4.68 Å². The number of benzene rings is 1. The largest absolute Gasteiger partial charge is 0.497 e. The first-order chi connectivity index (χ1) is 14.1. The topological polar surface area (TPSA) is 62.6 Å². The van der Waals surface area contributed by atoms with Crippen LogP contribution in [-0.2, 0) is 7.05 Å². The number of urea groups is 1. The first-order valence-corrected chi connectivity index (χ1v) is 10.3. The maximum absolute atomic E-state index is 12.8. The van der Waals surface area contributed by atoms with Gasteiger partial charge in [0.2, 0.25) is 0 Å². The molecule has 1 fully saturated rings.